The maximum absolute atomic E-state index is 6.46. The van der Waals surface area contributed by atoms with Gasteiger partial charge in [-0.2, -0.15) is 0 Å². The van der Waals surface area contributed by atoms with Gasteiger partial charge in [0.1, 0.15) is 11.2 Å². The molecular weight excluding hydrogens is 491 g/mol. The molecule has 0 spiro atoms. The standard InChI is InChI=1S/C36H31BO3/c1-35(2)36(3,4)40-37(39-35)31-14-9-15-33-34(31)30-21-23(17-19-32(30)38-33)22-16-18-28-26-12-6-5-10-24(26)25-11-7-8-13-27(25)29(28)20-22/h5-6,8-10,12-21H,7,11H2,1-4H3. The Kier molecular flexibility index (Phi) is 4.99. The van der Waals surface area contributed by atoms with E-state index in [0.29, 0.717) is 0 Å². The summed E-state index contributed by atoms with van der Waals surface area (Å²) in [5.41, 5.74) is 7.11. The van der Waals surface area contributed by atoms with Crippen LogP contribution >= 0.6 is 0 Å². The molecule has 1 aromatic heterocycles. The van der Waals surface area contributed by atoms with Crippen LogP contribution in [-0.2, 0) is 15.7 Å². The van der Waals surface area contributed by atoms with E-state index in [9.17, 15) is 0 Å². The number of fused-ring (bicyclic) bond motifs is 9. The molecule has 2 heterocycles. The predicted molar refractivity (Wildman–Crippen MR) is 167 cm³/mol. The summed E-state index contributed by atoms with van der Waals surface area (Å²) in [6.07, 6.45) is 6.81. The lowest BCUT2D eigenvalue weighted by Gasteiger charge is -2.32. The van der Waals surface area contributed by atoms with Crippen molar-refractivity contribution in [1.29, 1.82) is 0 Å². The second-order valence-electron chi connectivity index (χ2n) is 12.3. The Hall–Kier alpha value is -3.86. The van der Waals surface area contributed by atoms with Gasteiger partial charge in [0.2, 0.25) is 0 Å². The van der Waals surface area contributed by atoms with Gasteiger partial charge in [0, 0.05) is 10.8 Å². The van der Waals surface area contributed by atoms with Crippen molar-refractivity contribution in [1.82, 2.24) is 0 Å². The second kappa shape index (κ2) is 8.33. The van der Waals surface area contributed by atoms with E-state index in [1.165, 1.54) is 43.8 Å². The van der Waals surface area contributed by atoms with Gasteiger partial charge in [-0.25, -0.2) is 0 Å². The molecule has 196 valence electrons. The van der Waals surface area contributed by atoms with Gasteiger partial charge in [-0.1, -0.05) is 66.7 Å². The molecular formula is C36H31BO3. The molecule has 1 saturated heterocycles. The first-order valence-corrected chi connectivity index (χ1v) is 14.3. The van der Waals surface area contributed by atoms with Crippen molar-refractivity contribution in [3.63, 3.8) is 0 Å². The Balaban J connectivity index is 1.32. The molecule has 4 heteroatoms. The Morgan fingerprint density at radius 1 is 0.650 bits per heavy atom. The van der Waals surface area contributed by atoms with E-state index < -0.39 is 18.3 Å². The number of hydrogen-bond donors (Lipinski definition) is 0. The highest BCUT2D eigenvalue weighted by Gasteiger charge is 2.52. The number of benzene rings is 5. The van der Waals surface area contributed by atoms with Crippen molar-refractivity contribution in [2.75, 3.05) is 0 Å². The molecule has 40 heavy (non-hydrogen) atoms. The van der Waals surface area contributed by atoms with E-state index >= 15 is 0 Å². The monoisotopic (exact) mass is 522 g/mol. The Morgan fingerprint density at radius 3 is 2.15 bits per heavy atom. The largest absolute Gasteiger partial charge is 0.495 e. The lowest BCUT2D eigenvalue weighted by atomic mass is 9.76. The third-order valence-corrected chi connectivity index (χ3v) is 9.39. The van der Waals surface area contributed by atoms with E-state index in [4.69, 9.17) is 13.7 Å². The number of allylic oxidation sites excluding steroid dienone is 1. The molecule has 0 amide bonds. The van der Waals surface area contributed by atoms with Crippen molar-refractivity contribution in [2.24, 2.45) is 0 Å². The van der Waals surface area contributed by atoms with Crippen LogP contribution < -0.4 is 5.46 Å². The molecule has 0 saturated carbocycles. The zero-order chi connectivity index (χ0) is 27.2. The zero-order valence-electron chi connectivity index (χ0n) is 23.4. The number of furan rings is 1. The lowest BCUT2D eigenvalue weighted by molar-refractivity contribution is 0.00578. The Morgan fingerprint density at radius 2 is 1.35 bits per heavy atom. The van der Waals surface area contributed by atoms with Gasteiger partial charge in [0.25, 0.3) is 0 Å². The van der Waals surface area contributed by atoms with Crippen LogP contribution in [0.2, 0.25) is 0 Å². The van der Waals surface area contributed by atoms with Crippen molar-refractivity contribution >= 4 is 62.1 Å². The van der Waals surface area contributed by atoms with Crippen molar-refractivity contribution in [3.8, 4) is 11.1 Å². The predicted octanol–water partition coefficient (Wildman–Crippen LogP) is 8.82. The van der Waals surface area contributed by atoms with E-state index in [1.807, 2.05) is 12.1 Å². The minimum atomic E-state index is -0.453. The molecule has 2 aliphatic rings. The van der Waals surface area contributed by atoms with Gasteiger partial charge in [0.05, 0.1) is 11.2 Å². The highest BCUT2D eigenvalue weighted by atomic mass is 16.7. The maximum Gasteiger partial charge on any atom is 0.495 e. The smallest absolute Gasteiger partial charge is 0.456 e. The molecule has 0 radical (unpaired) electrons. The number of rotatable bonds is 2. The minimum Gasteiger partial charge on any atom is -0.456 e. The van der Waals surface area contributed by atoms with Crippen molar-refractivity contribution < 1.29 is 13.7 Å². The average molecular weight is 522 g/mol. The summed E-state index contributed by atoms with van der Waals surface area (Å²) in [5.74, 6) is 0. The molecule has 8 rings (SSSR count). The summed E-state index contributed by atoms with van der Waals surface area (Å²) in [6, 6.07) is 28.5. The van der Waals surface area contributed by atoms with Gasteiger partial charge in [-0.3, -0.25) is 0 Å². The van der Waals surface area contributed by atoms with Crippen LogP contribution in [0.25, 0.3) is 60.7 Å². The normalized spacial score (nSPS) is 17.9. The molecule has 1 aliphatic carbocycles. The number of hydrogen-bond acceptors (Lipinski definition) is 3. The molecule has 0 bridgehead atoms. The first-order chi connectivity index (χ1) is 19.3. The lowest BCUT2D eigenvalue weighted by Crippen LogP contribution is -2.41. The van der Waals surface area contributed by atoms with E-state index in [0.717, 1.165) is 40.2 Å². The van der Waals surface area contributed by atoms with Crippen LogP contribution in [0, 0.1) is 0 Å². The molecule has 5 aromatic carbocycles. The third-order valence-electron chi connectivity index (χ3n) is 9.39. The highest BCUT2D eigenvalue weighted by molar-refractivity contribution is 6.66. The summed E-state index contributed by atoms with van der Waals surface area (Å²) in [6.45, 7) is 8.37. The SMILES string of the molecule is CC1(C)OB(c2cccc3oc4ccc(-c5ccc6c(c5)c5c(c7ccccc76)CCC=C5)cc4c23)OC1(C)C. The third kappa shape index (κ3) is 3.39. The molecule has 1 fully saturated rings. The first kappa shape index (κ1) is 24.0. The Bertz CT molecular complexity index is 2010. The van der Waals surface area contributed by atoms with Crippen LogP contribution in [-0.4, -0.2) is 18.3 Å². The van der Waals surface area contributed by atoms with Crippen LogP contribution in [0.1, 0.15) is 45.2 Å². The maximum atomic E-state index is 6.46. The van der Waals surface area contributed by atoms with E-state index in [2.05, 4.69) is 107 Å². The van der Waals surface area contributed by atoms with Crippen LogP contribution in [0.4, 0.5) is 0 Å². The van der Waals surface area contributed by atoms with Crippen LogP contribution in [0.3, 0.4) is 0 Å². The highest BCUT2D eigenvalue weighted by Crippen LogP contribution is 2.41. The van der Waals surface area contributed by atoms with Gasteiger partial charge >= 0.3 is 7.12 Å². The topological polar surface area (TPSA) is 31.6 Å². The van der Waals surface area contributed by atoms with Crippen molar-refractivity contribution in [2.45, 2.75) is 51.7 Å². The van der Waals surface area contributed by atoms with Gasteiger partial charge < -0.3 is 13.7 Å². The second-order valence-corrected chi connectivity index (χ2v) is 12.3. The molecule has 0 N–H and O–H groups in total. The minimum absolute atomic E-state index is 0.409. The molecule has 6 aromatic rings. The fraction of sp³-hybridized carbons (Fsp3) is 0.222. The van der Waals surface area contributed by atoms with Crippen LogP contribution in [0.5, 0.6) is 0 Å². The first-order valence-electron chi connectivity index (χ1n) is 14.3. The fourth-order valence-electron chi connectivity index (χ4n) is 6.56. The van der Waals surface area contributed by atoms with Crippen molar-refractivity contribution in [3.05, 3.63) is 96.1 Å². The number of aryl methyl sites for hydroxylation is 1. The van der Waals surface area contributed by atoms with Gasteiger partial charge in [-0.15, -0.1) is 0 Å². The molecule has 3 nitrogen and oxygen atoms in total. The van der Waals surface area contributed by atoms with Gasteiger partial charge in [0.15, 0.2) is 0 Å². The summed E-state index contributed by atoms with van der Waals surface area (Å²) in [7, 11) is -0.453. The quantitative estimate of drug-likeness (QED) is 0.168. The Labute approximate surface area is 234 Å². The molecule has 0 atom stereocenters. The fourth-order valence-corrected chi connectivity index (χ4v) is 6.56. The molecule has 0 unspecified atom stereocenters. The van der Waals surface area contributed by atoms with Crippen LogP contribution in [0.15, 0.2) is 89.4 Å². The van der Waals surface area contributed by atoms with E-state index in [-0.39, 0.29) is 0 Å². The average Bonchev–Trinajstić information content (AvgIpc) is 3.45. The summed E-state index contributed by atoms with van der Waals surface area (Å²) in [5, 5.41) is 7.48. The van der Waals surface area contributed by atoms with Gasteiger partial charge in [-0.05, 0) is 114 Å². The zero-order valence-corrected chi connectivity index (χ0v) is 23.4. The molecule has 1 aliphatic heterocycles. The summed E-state index contributed by atoms with van der Waals surface area (Å²) < 4.78 is 19.2. The summed E-state index contributed by atoms with van der Waals surface area (Å²) >= 11 is 0. The van der Waals surface area contributed by atoms with E-state index in [1.54, 1.807) is 0 Å². The summed E-state index contributed by atoms with van der Waals surface area (Å²) in [4.78, 5) is 0.